The molecule has 1 saturated heterocycles. The Kier molecular flexibility index (Phi) is 5.13. The van der Waals surface area contributed by atoms with Gasteiger partial charge in [-0.1, -0.05) is 18.2 Å². The van der Waals surface area contributed by atoms with E-state index in [1.54, 1.807) is 14.2 Å². The molecule has 0 aromatic heterocycles. The summed E-state index contributed by atoms with van der Waals surface area (Å²) in [5.74, 6) is 1.42. The van der Waals surface area contributed by atoms with Crippen LogP contribution in [0.5, 0.6) is 11.5 Å². The maximum Gasteiger partial charge on any atom is 0.322 e. The number of methoxy groups -OCH3 is 2. The molecule has 2 aromatic rings. The molecule has 2 aromatic carbocycles. The van der Waals surface area contributed by atoms with Crippen LogP contribution in [0.25, 0.3) is 0 Å². The highest BCUT2D eigenvalue weighted by molar-refractivity contribution is 5.89. The number of amides is 2. The highest BCUT2D eigenvalue weighted by Gasteiger charge is 2.43. The van der Waals surface area contributed by atoms with Crippen molar-refractivity contribution in [3.8, 4) is 11.5 Å². The van der Waals surface area contributed by atoms with Gasteiger partial charge in [0.2, 0.25) is 0 Å². The third kappa shape index (κ3) is 3.40. The summed E-state index contributed by atoms with van der Waals surface area (Å²) in [6.07, 6.45) is 1.76. The van der Waals surface area contributed by atoms with E-state index in [0.29, 0.717) is 32.1 Å². The fourth-order valence-electron chi connectivity index (χ4n) is 4.31. The van der Waals surface area contributed by atoms with Crippen molar-refractivity contribution in [1.29, 1.82) is 0 Å². The first-order valence-corrected chi connectivity index (χ1v) is 9.59. The number of nitrogens with one attached hydrogen (secondary N) is 1. The zero-order valence-corrected chi connectivity index (χ0v) is 16.4. The molecule has 1 N–H and O–H groups in total. The number of hydrogen-bond acceptors (Lipinski definition) is 4. The molecule has 0 unspecified atom stereocenters. The maximum absolute atomic E-state index is 13.0. The average Bonchev–Trinajstić information content (AvgIpc) is 2.74. The molecule has 0 atom stereocenters. The SMILES string of the molecule is COc1cc2c(cc1OC)C1(CCOCC1)CN(C(=O)Nc1ccccc1)C2. The Bertz CT molecular complexity index is 847. The molecule has 6 heteroatoms. The Morgan fingerprint density at radius 2 is 1.75 bits per heavy atom. The molecule has 0 aliphatic carbocycles. The molecule has 2 aliphatic heterocycles. The normalized spacial score (nSPS) is 17.7. The van der Waals surface area contributed by atoms with E-state index in [0.717, 1.165) is 29.8 Å². The van der Waals surface area contributed by atoms with E-state index in [1.165, 1.54) is 5.56 Å². The van der Waals surface area contributed by atoms with E-state index in [1.807, 2.05) is 41.3 Å². The Labute approximate surface area is 165 Å². The van der Waals surface area contributed by atoms with Gasteiger partial charge in [0.25, 0.3) is 0 Å². The number of nitrogens with zero attached hydrogens (tertiary/aromatic N) is 1. The van der Waals surface area contributed by atoms with Crippen LogP contribution in [0, 0.1) is 0 Å². The molecule has 1 spiro atoms. The molecule has 0 saturated carbocycles. The van der Waals surface area contributed by atoms with Crippen LogP contribution in [-0.4, -0.2) is 44.9 Å². The van der Waals surface area contributed by atoms with Crippen molar-refractivity contribution >= 4 is 11.7 Å². The zero-order valence-electron chi connectivity index (χ0n) is 16.4. The average molecular weight is 382 g/mol. The number of carbonyl (C=O) groups excluding carboxylic acids is 1. The molecule has 2 heterocycles. The first kappa shape index (κ1) is 18.6. The molecule has 0 bridgehead atoms. The summed E-state index contributed by atoms with van der Waals surface area (Å²) in [5, 5.41) is 3.02. The minimum Gasteiger partial charge on any atom is -0.493 e. The van der Waals surface area contributed by atoms with Gasteiger partial charge in [0, 0.05) is 37.4 Å². The number of anilines is 1. The molecule has 1 fully saturated rings. The lowest BCUT2D eigenvalue weighted by atomic mass is 9.70. The summed E-state index contributed by atoms with van der Waals surface area (Å²) in [6.45, 7) is 2.60. The number of para-hydroxylation sites is 1. The lowest BCUT2D eigenvalue weighted by Gasteiger charge is -2.46. The predicted molar refractivity (Wildman–Crippen MR) is 107 cm³/mol. The molecule has 28 heavy (non-hydrogen) atoms. The molecule has 2 amide bonds. The number of ether oxygens (including phenoxy) is 3. The van der Waals surface area contributed by atoms with E-state index in [9.17, 15) is 4.79 Å². The number of fused-ring (bicyclic) bond motifs is 2. The van der Waals surface area contributed by atoms with E-state index >= 15 is 0 Å². The van der Waals surface area contributed by atoms with Crippen molar-refractivity contribution in [3.63, 3.8) is 0 Å². The molecular formula is C22H26N2O4. The largest absolute Gasteiger partial charge is 0.493 e. The van der Waals surface area contributed by atoms with Crippen molar-refractivity contribution in [2.45, 2.75) is 24.8 Å². The van der Waals surface area contributed by atoms with Gasteiger partial charge in [0.05, 0.1) is 14.2 Å². The summed E-state index contributed by atoms with van der Waals surface area (Å²) >= 11 is 0. The predicted octanol–water partition coefficient (Wildman–Crippen LogP) is 3.80. The number of urea groups is 1. The van der Waals surface area contributed by atoms with Gasteiger partial charge in [-0.15, -0.1) is 0 Å². The van der Waals surface area contributed by atoms with E-state index in [-0.39, 0.29) is 11.4 Å². The Morgan fingerprint density at radius 1 is 1.07 bits per heavy atom. The van der Waals surface area contributed by atoms with Crippen molar-refractivity contribution in [1.82, 2.24) is 4.90 Å². The lowest BCUT2D eigenvalue weighted by Crippen LogP contribution is -2.51. The number of rotatable bonds is 3. The summed E-state index contributed by atoms with van der Waals surface area (Å²) in [7, 11) is 3.29. The van der Waals surface area contributed by atoms with Gasteiger partial charge < -0.3 is 24.4 Å². The minimum absolute atomic E-state index is 0.0856. The minimum atomic E-state index is -0.126. The number of hydrogen-bond donors (Lipinski definition) is 1. The highest BCUT2D eigenvalue weighted by Crippen LogP contribution is 2.45. The maximum atomic E-state index is 13.0. The van der Waals surface area contributed by atoms with Gasteiger partial charge in [-0.05, 0) is 48.2 Å². The molecule has 4 rings (SSSR count). The summed E-state index contributed by atoms with van der Waals surface area (Å²) in [4.78, 5) is 14.9. The first-order chi connectivity index (χ1) is 13.6. The van der Waals surface area contributed by atoms with Gasteiger partial charge in [0.15, 0.2) is 11.5 Å². The van der Waals surface area contributed by atoms with Crippen molar-refractivity contribution in [3.05, 3.63) is 53.6 Å². The van der Waals surface area contributed by atoms with Crippen LogP contribution in [0.1, 0.15) is 24.0 Å². The van der Waals surface area contributed by atoms with E-state index in [2.05, 4.69) is 11.4 Å². The first-order valence-electron chi connectivity index (χ1n) is 9.59. The Morgan fingerprint density at radius 3 is 2.43 bits per heavy atom. The van der Waals surface area contributed by atoms with Gasteiger partial charge >= 0.3 is 6.03 Å². The molecular weight excluding hydrogens is 356 g/mol. The van der Waals surface area contributed by atoms with Crippen LogP contribution in [0.15, 0.2) is 42.5 Å². The molecule has 2 aliphatic rings. The van der Waals surface area contributed by atoms with E-state index in [4.69, 9.17) is 14.2 Å². The second-order valence-corrected chi connectivity index (χ2v) is 7.41. The lowest BCUT2D eigenvalue weighted by molar-refractivity contribution is 0.0329. The smallest absolute Gasteiger partial charge is 0.322 e. The van der Waals surface area contributed by atoms with Crippen LogP contribution < -0.4 is 14.8 Å². The second-order valence-electron chi connectivity index (χ2n) is 7.41. The fraction of sp³-hybridized carbons (Fsp3) is 0.409. The van der Waals surface area contributed by atoms with Crippen LogP contribution in [0.2, 0.25) is 0 Å². The number of carbonyl (C=O) groups is 1. The quantitative estimate of drug-likeness (QED) is 0.877. The van der Waals surface area contributed by atoms with Crippen LogP contribution in [0.3, 0.4) is 0 Å². The van der Waals surface area contributed by atoms with Crippen molar-refractivity contribution < 1.29 is 19.0 Å². The topological polar surface area (TPSA) is 60.0 Å². The third-order valence-corrected chi connectivity index (χ3v) is 5.80. The zero-order chi connectivity index (χ0) is 19.6. The standard InChI is InChI=1S/C22H26N2O4/c1-26-19-12-16-14-24(21(25)23-17-6-4-3-5-7-17)15-22(8-10-28-11-9-22)18(16)13-20(19)27-2/h3-7,12-13H,8-11,14-15H2,1-2H3,(H,23,25). The fourth-order valence-corrected chi connectivity index (χ4v) is 4.31. The summed E-state index contributed by atoms with van der Waals surface area (Å²) in [6, 6.07) is 13.6. The van der Waals surface area contributed by atoms with Crippen LogP contribution in [-0.2, 0) is 16.7 Å². The number of benzene rings is 2. The van der Waals surface area contributed by atoms with Gasteiger partial charge in [-0.2, -0.15) is 0 Å². The summed E-state index contributed by atoms with van der Waals surface area (Å²) in [5.41, 5.74) is 3.03. The third-order valence-electron chi connectivity index (χ3n) is 5.80. The summed E-state index contributed by atoms with van der Waals surface area (Å²) < 4.78 is 16.7. The molecule has 148 valence electrons. The Hall–Kier alpha value is -2.73. The van der Waals surface area contributed by atoms with Crippen LogP contribution >= 0.6 is 0 Å². The monoisotopic (exact) mass is 382 g/mol. The van der Waals surface area contributed by atoms with Crippen LogP contribution in [0.4, 0.5) is 10.5 Å². The molecule has 6 nitrogen and oxygen atoms in total. The second kappa shape index (κ2) is 7.72. The van der Waals surface area contributed by atoms with Gasteiger partial charge in [0.1, 0.15) is 0 Å². The highest BCUT2D eigenvalue weighted by atomic mass is 16.5. The van der Waals surface area contributed by atoms with Crippen molar-refractivity contribution in [2.24, 2.45) is 0 Å². The molecule has 0 radical (unpaired) electrons. The van der Waals surface area contributed by atoms with Crippen molar-refractivity contribution in [2.75, 3.05) is 39.3 Å². The van der Waals surface area contributed by atoms with Gasteiger partial charge in [-0.3, -0.25) is 0 Å². The van der Waals surface area contributed by atoms with Gasteiger partial charge in [-0.25, -0.2) is 4.79 Å². The van der Waals surface area contributed by atoms with E-state index < -0.39 is 0 Å². The Balaban J connectivity index is 1.69.